The Morgan fingerprint density at radius 2 is 1.53 bits per heavy atom. The van der Waals surface area contributed by atoms with E-state index < -0.39 is 39.8 Å². The number of hydrogen-bond acceptors (Lipinski definition) is 6. The van der Waals surface area contributed by atoms with Crippen LogP contribution in [0.15, 0.2) is 77.7 Å². The minimum Gasteiger partial charge on any atom is -0.453 e. The number of ketones is 1. The van der Waals surface area contributed by atoms with Gasteiger partial charge < -0.3 is 4.74 Å². The van der Waals surface area contributed by atoms with Gasteiger partial charge in [-0.3, -0.25) is 9.52 Å². The summed E-state index contributed by atoms with van der Waals surface area (Å²) in [7, 11) is -4.41. The molecular formula is C24H17ClF3N3O4S. The molecule has 1 N–H and O–H groups in total. The van der Waals surface area contributed by atoms with Gasteiger partial charge in [-0.25, -0.2) is 18.4 Å². The summed E-state index contributed by atoms with van der Waals surface area (Å²) in [4.78, 5) is 20.6. The van der Waals surface area contributed by atoms with Gasteiger partial charge in [0.05, 0.1) is 16.1 Å². The van der Waals surface area contributed by atoms with E-state index >= 15 is 0 Å². The number of carbonyl (C=O) groups is 1. The summed E-state index contributed by atoms with van der Waals surface area (Å²) >= 11 is 5.99. The van der Waals surface area contributed by atoms with Gasteiger partial charge in [0.15, 0.2) is 0 Å². The maximum absolute atomic E-state index is 14.0. The van der Waals surface area contributed by atoms with Crippen LogP contribution in [0.5, 0.6) is 5.88 Å². The molecule has 1 heterocycles. The fraction of sp³-hybridized carbons (Fsp3) is 0.125. The van der Waals surface area contributed by atoms with E-state index in [-0.39, 0.29) is 26.5 Å². The van der Waals surface area contributed by atoms with Crippen LogP contribution in [-0.2, 0) is 10.0 Å². The van der Waals surface area contributed by atoms with Crippen molar-refractivity contribution in [3.05, 3.63) is 88.9 Å². The van der Waals surface area contributed by atoms with E-state index in [2.05, 4.69) is 14.7 Å². The summed E-state index contributed by atoms with van der Waals surface area (Å²) in [6.07, 6.45) is -8.12. The van der Waals surface area contributed by atoms with E-state index in [1.807, 2.05) is 0 Å². The molecule has 0 amide bonds. The number of ether oxygens (including phenoxy) is 1. The molecule has 4 rings (SSSR count). The van der Waals surface area contributed by atoms with Crippen molar-refractivity contribution >= 4 is 44.3 Å². The number of para-hydroxylation sites is 2. The quantitative estimate of drug-likeness (QED) is 0.310. The van der Waals surface area contributed by atoms with Crippen molar-refractivity contribution in [3.63, 3.8) is 0 Å². The molecule has 0 spiro atoms. The summed E-state index contributed by atoms with van der Waals surface area (Å²) in [5.41, 5.74) is 0.801. The predicted molar refractivity (Wildman–Crippen MR) is 128 cm³/mol. The zero-order chi connectivity index (χ0) is 26.1. The van der Waals surface area contributed by atoms with Crippen LogP contribution in [0, 0.1) is 6.92 Å². The molecule has 186 valence electrons. The monoisotopic (exact) mass is 535 g/mol. The van der Waals surface area contributed by atoms with Crippen molar-refractivity contribution in [1.82, 2.24) is 9.97 Å². The molecule has 7 nitrogen and oxygen atoms in total. The number of aryl methyl sites for hydroxylation is 1. The van der Waals surface area contributed by atoms with Crippen LogP contribution in [0.1, 0.15) is 15.9 Å². The number of nitrogens with zero attached hydrogens (tertiary/aromatic N) is 2. The first kappa shape index (κ1) is 25.4. The number of fused-ring (bicyclic) bond motifs is 1. The molecule has 0 saturated heterocycles. The molecule has 0 saturated carbocycles. The Hall–Kier alpha value is -3.70. The van der Waals surface area contributed by atoms with E-state index in [0.29, 0.717) is 0 Å². The van der Waals surface area contributed by atoms with Gasteiger partial charge in [0, 0.05) is 5.56 Å². The van der Waals surface area contributed by atoms with Crippen LogP contribution in [0.4, 0.5) is 19.0 Å². The number of hydrogen-bond donors (Lipinski definition) is 1. The first-order chi connectivity index (χ1) is 17.0. The van der Waals surface area contributed by atoms with Crippen molar-refractivity contribution < 1.29 is 31.1 Å². The molecule has 1 unspecified atom stereocenters. The lowest BCUT2D eigenvalue weighted by Crippen LogP contribution is -2.42. The van der Waals surface area contributed by atoms with Crippen molar-refractivity contribution in [2.75, 3.05) is 4.72 Å². The van der Waals surface area contributed by atoms with Gasteiger partial charge in [-0.15, -0.1) is 0 Å². The zero-order valence-corrected chi connectivity index (χ0v) is 20.0. The van der Waals surface area contributed by atoms with E-state index in [1.54, 1.807) is 19.1 Å². The van der Waals surface area contributed by atoms with Gasteiger partial charge in [-0.05, 0) is 31.2 Å². The van der Waals surface area contributed by atoms with Crippen molar-refractivity contribution in [3.8, 4) is 5.88 Å². The molecule has 0 fully saturated rings. The standard InChI is InChI=1S/C24H17ClF3N3O4S/c1-14-10-12-15(13-11-14)20(32)21(24(26,27)28)35-23-22(29-17-7-3-4-8-18(17)30-23)31-36(33,34)19-9-5-2-6-16(19)25/h2-13,21H,1H3,(H,29,31). The second-order valence-corrected chi connectivity index (χ2v) is 9.73. The first-order valence-electron chi connectivity index (χ1n) is 10.3. The summed E-state index contributed by atoms with van der Waals surface area (Å²) in [5.74, 6) is -2.84. The maximum atomic E-state index is 14.0. The van der Waals surface area contributed by atoms with Crippen LogP contribution in [0.2, 0.25) is 5.02 Å². The average Bonchev–Trinajstić information content (AvgIpc) is 2.82. The molecule has 0 aliphatic heterocycles. The molecule has 0 aliphatic carbocycles. The van der Waals surface area contributed by atoms with E-state index in [1.165, 1.54) is 60.7 Å². The summed E-state index contributed by atoms with van der Waals surface area (Å²) in [6.45, 7) is 1.72. The second-order valence-electron chi connectivity index (χ2n) is 7.67. The Kier molecular flexibility index (Phi) is 6.87. The van der Waals surface area contributed by atoms with Gasteiger partial charge in [-0.2, -0.15) is 13.2 Å². The zero-order valence-electron chi connectivity index (χ0n) is 18.5. The number of aromatic nitrogens is 2. The molecule has 36 heavy (non-hydrogen) atoms. The molecular weight excluding hydrogens is 519 g/mol. The molecule has 4 aromatic rings. The Bertz CT molecular complexity index is 1540. The maximum Gasteiger partial charge on any atom is 0.433 e. The molecule has 1 aromatic heterocycles. The van der Waals surface area contributed by atoms with Crippen LogP contribution < -0.4 is 9.46 Å². The SMILES string of the molecule is Cc1ccc(C(=O)C(Oc2nc3ccccc3nc2NS(=O)(=O)c2ccccc2Cl)C(F)(F)F)cc1. The number of halogens is 4. The molecule has 0 aliphatic rings. The number of alkyl halides is 3. The van der Waals surface area contributed by atoms with Crippen LogP contribution in [0.3, 0.4) is 0 Å². The molecule has 1 atom stereocenters. The fourth-order valence-electron chi connectivity index (χ4n) is 3.23. The van der Waals surface area contributed by atoms with E-state index in [4.69, 9.17) is 16.3 Å². The number of Topliss-reactive ketones (excluding diaryl/α,β-unsaturated/α-hetero) is 1. The van der Waals surface area contributed by atoms with Gasteiger partial charge >= 0.3 is 6.18 Å². The number of carbonyl (C=O) groups excluding carboxylic acids is 1. The van der Waals surface area contributed by atoms with Crippen molar-refractivity contribution in [2.45, 2.75) is 24.1 Å². The lowest BCUT2D eigenvalue weighted by molar-refractivity contribution is -0.179. The summed E-state index contributed by atoms with van der Waals surface area (Å²) in [5, 5.41) is -0.121. The Morgan fingerprint density at radius 3 is 2.14 bits per heavy atom. The third kappa shape index (κ3) is 5.42. The number of benzene rings is 3. The predicted octanol–water partition coefficient (Wildman–Crippen LogP) is 5.59. The van der Waals surface area contributed by atoms with Crippen LogP contribution in [-0.4, -0.2) is 36.4 Å². The normalized spacial score (nSPS) is 12.8. The Balaban J connectivity index is 1.80. The largest absolute Gasteiger partial charge is 0.453 e. The number of rotatable bonds is 7. The molecule has 0 radical (unpaired) electrons. The Labute approximate surface area is 209 Å². The highest BCUT2D eigenvalue weighted by atomic mass is 35.5. The number of sulfonamides is 1. The van der Waals surface area contributed by atoms with Crippen molar-refractivity contribution in [2.24, 2.45) is 0 Å². The molecule has 12 heteroatoms. The second kappa shape index (κ2) is 9.75. The average molecular weight is 536 g/mol. The number of nitrogens with one attached hydrogen (secondary N) is 1. The van der Waals surface area contributed by atoms with Gasteiger partial charge in [0.2, 0.25) is 11.6 Å². The van der Waals surface area contributed by atoms with E-state index in [9.17, 15) is 26.4 Å². The smallest absolute Gasteiger partial charge is 0.433 e. The molecule has 3 aromatic carbocycles. The van der Waals surface area contributed by atoms with Crippen molar-refractivity contribution in [1.29, 1.82) is 0 Å². The van der Waals surface area contributed by atoms with Crippen LogP contribution >= 0.6 is 11.6 Å². The lowest BCUT2D eigenvalue weighted by atomic mass is 10.0. The number of anilines is 1. The highest BCUT2D eigenvalue weighted by Gasteiger charge is 2.48. The van der Waals surface area contributed by atoms with Crippen LogP contribution in [0.25, 0.3) is 11.0 Å². The minimum atomic E-state index is -5.14. The highest BCUT2D eigenvalue weighted by molar-refractivity contribution is 7.92. The first-order valence-corrected chi connectivity index (χ1v) is 12.2. The van der Waals surface area contributed by atoms with E-state index in [0.717, 1.165) is 5.56 Å². The summed E-state index contributed by atoms with van der Waals surface area (Å²) < 4.78 is 75.0. The van der Waals surface area contributed by atoms with Gasteiger partial charge in [0.1, 0.15) is 4.90 Å². The Morgan fingerprint density at radius 1 is 0.944 bits per heavy atom. The summed E-state index contributed by atoms with van der Waals surface area (Å²) in [6, 6.07) is 17.0. The van der Waals surface area contributed by atoms with Gasteiger partial charge in [0.25, 0.3) is 22.0 Å². The lowest BCUT2D eigenvalue weighted by Gasteiger charge is -2.22. The third-order valence-corrected chi connectivity index (χ3v) is 6.84. The topological polar surface area (TPSA) is 98.2 Å². The molecule has 0 bridgehead atoms. The minimum absolute atomic E-state index is 0.121. The van der Waals surface area contributed by atoms with Gasteiger partial charge in [-0.1, -0.05) is 65.7 Å². The fourth-order valence-corrected chi connectivity index (χ4v) is 4.75. The third-order valence-electron chi connectivity index (χ3n) is 5.00. The highest BCUT2D eigenvalue weighted by Crippen LogP contribution is 2.33.